The standard InChI is InChI=1S/C26H17Cl5N2O2/c1-13-2-3-14(12-32)15(6-13)9-22(34)20-11-19(4-5-21(20)29)33-25(35)24-23(26(24,30)31)16-7-17(27)10-18(28)8-16/h2-8,10-11,23-24H,9H2,1H3,(H,33,35). The van der Waals surface area contributed by atoms with Crippen molar-refractivity contribution >= 4 is 75.4 Å². The molecular weight excluding hydrogens is 550 g/mol. The monoisotopic (exact) mass is 564 g/mol. The fourth-order valence-corrected chi connectivity index (χ4v) is 5.70. The third-order valence-corrected chi connectivity index (χ3v) is 7.55. The van der Waals surface area contributed by atoms with Gasteiger partial charge in [-0.05, 0) is 60.5 Å². The molecule has 1 aliphatic rings. The molecular formula is C26H17Cl5N2O2. The van der Waals surface area contributed by atoms with Crippen LogP contribution in [0.2, 0.25) is 15.1 Å². The van der Waals surface area contributed by atoms with Gasteiger partial charge in [0.05, 0.1) is 22.6 Å². The Morgan fingerprint density at radius 1 is 1.00 bits per heavy atom. The van der Waals surface area contributed by atoms with Crippen molar-refractivity contribution in [3.8, 4) is 6.07 Å². The van der Waals surface area contributed by atoms with Gasteiger partial charge in [-0.3, -0.25) is 9.59 Å². The van der Waals surface area contributed by atoms with Crippen LogP contribution in [0, 0.1) is 24.2 Å². The number of hydrogen-bond donors (Lipinski definition) is 1. The van der Waals surface area contributed by atoms with Gasteiger partial charge in [0.2, 0.25) is 5.91 Å². The van der Waals surface area contributed by atoms with Gasteiger partial charge in [-0.25, -0.2) is 0 Å². The van der Waals surface area contributed by atoms with Crippen LogP contribution in [-0.4, -0.2) is 16.0 Å². The Morgan fingerprint density at radius 3 is 2.34 bits per heavy atom. The SMILES string of the molecule is Cc1ccc(C#N)c(CC(=O)c2cc(NC(=O)C3C(c4cc(Cl)cc(Cl)c4)C3(Cl)Cl)ccc2Cl)c1. The normalized spacial score (nSPS) is 18.0. The van der Waals surface area contributed by atoms with Crippen molar-refractivity contribution in [3.63, 3.8) is 0 Å². The van der Waals surface area contributed by atoms with Gasteiger partial charge >= 0.3 is 0 Å². The quantitative estimate of drug-likeness (QED) is 0.245. The minimum Gasteiger partial charge on any atom is -0.326 e. The first kappa shape index (κ1) is 25.8. The third-order valence-electron chi connectivity index (χ3n) is 5.85. The van der Waals surface area contributed by atoms with E-state index in [9.17, 15) is 14.9 Å². The van der Waals surface area contributed by atoms with E-state index in [2.05, 4.69) is 11.4 Å². The van der Waals surface area contributed by atoms with Crippen molar-refractivity contribution in [2.75, 3.05) is 5.32 Å². The molecule has 4 rings (SSSR count). The molecule has 35 heavy (non-hydrogen) atoms. The lowest BCUT2D eigenvalue weighted by molar-refractivity contribution is -0.117. The van der Waals surface area contributed by atoms with Crippen LogP contribution < -0.4 is 5.32 Å². The predicted molar refractivity (Wildman–Crippen MR) is 141 cm³/mol. The number of carbonyl (C=O) groups excluding carboxylic acids is 2. The third kappa shape index (κ3) is 5.45. The second kappa shape index (κ2) is 10.0. The molecule has 1 fully saturated rings. The Labute approximate surface area is 227 Å². The van der Waals surface area contributed by atoms with E-state index < -0.39 is 22.1 Å². The van der Waals surface area contributed by atoms with Crippen LogP contribution in [0.15, 0.2) is 54.6 Å². The maximum atomic E-state index is 13.0. The first-order valence-electron chi connectivity index (χ1n) is 10.5. The molecule has 1 amide bonds. The van der Waals surface area contributed by atoms with Crippen LogP contribution in [0.4, 0.5) is 5.69 Å². The zero-order valence-corrected chi connectivity index (χ0v) is 22.0. The van der Waals surface area contributed by atoms with Gasteiger partial charge in [-0.2, -0.15) is 5.26 Å². The number of ketones is 1. The van der Waals surface area contributed by atoms with Crippen LogP contribution in [0.5, 0.6) is 0 Å². The highest BCUT2D eigenvalue weighted by molar-refractivity contribution is 6.53. The second-order valence-corrected chi connectivity index (χ2v) is 11.1. The number of hydrogen-bond acceptors (Lipinski definition) is 3. The minimum atomic E-state index is -1.33. The first-order valence-corrected chi connectivity index (χ1v) is 12.4. The van der Waals surface area contributed by atoms with E-state index in [0.29, 0.717) is 32.4 Å². The number of benzene rings is 3. The van der Waals surface area contributed by atoms with E-state index in [1.54, 1.807) is 36.4 Å². The summed E-state index contributed by atoms with van der Waals surface area (Å²) in [4.78, 5) is 26.1. The smallest absolute Gasteiger partial charge is 0.231 e. The van der Waals surface area contributed by atoms with Crippen molar-refractivity contribution < 1.29 is 9.59 Å². The molecule has 1 aliphatic carbocycles. The van der Waals surface area contributed by atoms with Crippen LogP contribution in [-0.2, 0) is 11.2 Å². The molecule has 1 N–H and O–H groups in total. The molecule has 178 valence electrons. The molecule has 4 nitrogen and oxygen atoms in total. The van der Waals surface area contributed by atoms with Crippen molar-refractivity contribution in [2.24, 2.45) is 5.92 Å². The molecule has 0 heterocycles. The Kier molecular flexibility index (Phi) is 7.38. The van der Waals surface area contributed by atoms with E-state index in [0.717, 1.165) is 5.56 Å². The summed E-state index contributed by atoms with van der Waals surface area (Å²) in [6.07, 6.45) is -0.00557. The lowest BCUT2D eigenvalue weighted by Gasteiger charge is -2.10. The van der Waals surface area contributed by atoms with Crippen LogP contribution in [0.25, 0.3) is 0 Å². The van der Waals surface area contributed by atoms with E-state index in [4.69, 9.17) is 58.0 Å². The van der Waals surface area contributed by atoms with Crippen LogP contribution in [0.1, 0.15) is 38.5 Å². The predicted octanol–water partition coefficient (Wildman–Crippen LogP) is 7.78. The zero-order chi connectivity index (χ0) is 25.5. The molecule has 1 saturated carbocycles. The van der Waals surface area contributed by atoms with E-state index in [1.165, 1.54) is 12.1 Å². The molecule has 2 atom stereocenters. The summed E-state index contributed by atoms with van der Waals surface area (Å²) in [7, 11) is 0. The summed E-state index contributed by atoms with van der Waals surface area (Å²) in [5.74, 6) is -1.95. The fraction of sp³-hybridized carbons (Fsp3) is 0.192. The number of amides is 1. The van der Waals surface area contributed by atoms with Crippen LogP contribution in [0.3, 0.4) is 0 Å². The van der Waals surface area contributed by atoms with E-state index >= 15 is 0 Å². The van der Waals surface area contributed by atoms with Crippen molar-refractivity contribution in [3.05, 3.63) is 97.5 Å². The highest BCUT2D eigenvalue weighted by Gasteiger charge is 2.67. The Hall–Kier alpha value is -2.26. The van der Waals surface area contributed by atoms with Gasteiger partial charge in [0.1, 0.15) is 4.33 Å². The van der Waals surface area contributed by atoms with Gasteiger partial charge in [0.25, 0.3) is 0 Å². The number of anilines is 1. The molecule has 0 saturated heterocycles. The second-order valence-electron chi connectivity index (χ2n) is 8.39. The van der Waals surface area contributed by atoms with Gasteiger partial charge in [-0.1, -0.05) is 52.5 Å². The Bertz CT molecular complexity index is 1380. The average Bonchev–Trinajstić information content (AvgIpc) is 3.36. The number of halogens is 5. The number of rotatable bonds is 6. The van der Waals surface area contributed by atoms with Crippen molar-refractivity contribution in [1.82, 2.24) is 0 Å². The molecule has 0 radical (unpaired) electrons. The molecule has 0 aromatic heterocycles. The summed E-state index contributed by atoms with van der Waals surface area (Å²) in [6, 6.07) is 16.9. The summed E-state index contributed by atoms with van der Waals surface area (Å²) in [5, 5.41) is 13.2. The first-order chi connectivity index (χ1) is 16.5. The lowest BCUT2D eigenvalue weighted by Crippen LogP contribution is -2.17. The van der Waals surface area contributed by atoms with Gasteiger partial charge in [0.15, 0.2) is 5.78 Å². The molecule has 0 bridgehead atoms. The Balaban J connectivity index is 1.53. The lowest BCUT2D eigenvalue weighted by atomic mass is 9.97. The number of nitrogens with one attached hydrogen (secondary N) is 1. The zero-order valence-electron chi connectivity index (χ0n) is 18.2. The van der Waals surface area contributed by atoms with Gasteiger partial charge in [0, 0.05) is 33.6 Å². The number of Topliss-reactive ketones (excluding diaryl/α,β-unsaturated/α-hetero) is 1. The highest BCUT2D eigenvalue weighted by Crippen LogP contribution is 2.65. The number of nitriles is 1. The minimum absolute atomic E-state index is 0.00557. The maximum absolute atomic E-state index is 13.0. The highest BCUT2D eigenvalue weighted by atomic mass is 35.5. The average molecular weight is 567 g/mol. The van der Waals surface area contributed by atoms with Gasteiger partial charge in [-0.15, -0.1) is 23.2 Å². The number of aryl methyl sites for hydroxylation is 1. The maximum Gasteiger partial charge on any atom is 0.231 e. The molecule has 3 aromatic carbocycles. The molecule has 0 aliphatic heterocycles. The summed E-state index contributed by atoms with van der Waals surface area (Å²) in [6.45, 7) is 1.88. The molecule has 3 aromatic rings. The summed E-state index contributed by atoms with van der Waals surface area (Å²) < 4.78 is -1.33. The number of carbonyl (C=O) groups is 2. The number of alkyl halides is 2. The molecule has 0 spiro atoms. The van der Waals surface area contributed by atoms with Crippen molar-refractivity contribution in [1.29, 1.82) is 5.26 Å². The molecule has 9 heteroatoms. The number of nitrogens with zero attached hydrogens (tertiary/aromatic N) is 1. The van der Waals surface area contributed by atoms with Crippen LogP contribution >= 0.6 is 58.0 Å². The fourth-order valence-electron chi connectivity index (χ4n) is 4.11. The van der Waals surface area contributed by atoms with Crippen molar-refractivity contribution in [2.45, 2.75) is 23.6 Å². The summed E-state index contributed by atoms with van der Waals surface area (Å²) in [5.41, 5.74) is 3.22. The van der Waals surface area contributed by atoms with E-state index in [1.807, 2.05) is 13.0 Å². The largest absolute Gasteiger partial charge is 0.326 e. The molecule has 2 unspecified atom stereocenters. The van der Waals surface area contributed by atoms with E-state index in [-0.39, 0.29) is 22.8 Å². The van der Waals surface area contributed by atoms with Gasteiger partial charge < -0.3 is 5.32 Å². The topological polar surface area (TPSA) is 70.0 Å². The Morgan fingerprint density at radius 2 is 1.69 bits per heavy atom. The summed E-state index contributed by atoms with van der Waals surface area (Å²) >= 11 is 31.3.